The highest BCUT2D eigenvalue weighted by molar-refractivity contribution is 7.89. The molecule has 0 amide bonds. The van der Waals surface area contributed by atoms with Crippen LogP contribution in [0.25, 0.3) is 0 Å². The van der Waals surface area contributed by atoms with Crippen molar-refractivity contribution in [3.8, 4) is 5.75 Å². The minimum Gasteiger partial charge on any atom is -0.487 e. The minimum absolute atomic E-state index is 0.126. The van der Waals surface area contributed by atoms with Crippen molar-refractivity contribution < 1.29 is 13.2 Å². The predicted octanol–water partition coefficient (Wildman–Crippen LogP) is 2.11. The van der Waals surface area contributed by atoms with Crippen molar-refractivity contribution in [1.29, 1.82) is 0 Å². The largest absolute Gasteiger partial charge is 0.487 e. The van der Waals surface area contributed by atoms with E-state index in [1.54, 1.807) is 6.07 Å². The number of ether oxygens (including phenoxy) is 1. The molecule has 1 saturated carbocycles. The maximum absolute atomic E-state index is 11.8. The van der Waals surface area contributed by atoms with E-state index in [2.05, 4.69) is 9.90 Å². The van der Waals surface area contributed by atoms with E-state index < -0.39 is 16.1 Å². The Morgan fingerprint density at radius 1 is 1.40 bits per heavy atom. The molecule has 1 atom stereocenters. The number of rotatable bonds is 3. The van der Waals surface area contributed by atoms with Gasteiger partial charge in [0.1, 0.15) is 17.4 Å². The molecule has 1 fully saturated rings. The Morgan fingerprint density at radius 3 is 2.70 bits per heavy atom. The molecular weight excluding hydrogens is 280 g/mol. The van der Waals surface area contributed by atoms with Gasteiger partial charge in [0, 0.05) is 12.0 Å². The first-order valence-electron chi connectivity index (χ1n) is 6.59. The van der Waals surface area contributed by atoms with Gasteiger partial charge < -0.3 is 4.74 Å². The monoisotopic (exact) mass is 296 g/mol. The number of fused-ring (bicyclic) bond motifs is 1. The second-order valence-corrected chi connectivity index (χ2v) is 7.26. The summed E-state index contributed by atoms with van der Waals surface area (Å²) in [6.45, 7) is 0. The fourth-order valence-corrected chi connectivity index (χ4v) is 3.64. The zero-order valence-corrected chi connectivity index (χ0v) is 11.9. The fourth-order valence-electron chi connectivity index (χ4n) is 2.87. The van der Waals surface area contributed by atoms with Gasteiger partial charge in [-0.2, -0.15) is 4.91 Å². The molecule has 1 aromatic carbocycles. The Kier molecular flexibility index (Phi) is 3.06. The van der Waals surface area contributed by atoms with E-state index in [1.807, 2.05) is 0 Å². The van der Waals surface area contributed by atoms with Crippen LogP contribution >= 0.6 is 0 Å². The predicted molar refractivity (Wildman–Crippen MR) is 73.1 cm³/mol. The summed E-state index contributed by atoms with van der Waals surface area (Å²) in [7, 11) is -2.18. The standard InChI is InChI=1S/C13H16N2O4S/c1-14-20(17,18)9-3-4-12-10(7-9)11(15-16)8-13(19-12)5-2-6-13/h3-4,7,11,14H,2,5-6,8H2,1H3. The van der Waals surface area contributed by atoms with Crippen molar-refractivity contribution >= 4 is 10.0 Å². The third kappa shape index (κ3) is 2.01. The Balaban J connectivity index is 2.05. The summed E-state index contributed by atoms with van der Waals surface area (Å²) in [5, 5.41) is 3.17. The van der Waals surface area contributed by atoms with Crippen LogP contribution in [0.2, 0.25) is 0 Å². The summed E-state index contributed by atoms with van der Waals surface area (Å²) in [6, 6.07) is 4.06. The molecule has 108 valence electrons. The molecule has 1 aliphatic heterocycles. The zero-order chi connectivity index (χ0) is 14.4. The first-order chi connectivity index (χ1) is 9.50. The van der Waals surface area contributed by atoms with Gasteiger partial charge in [-0.1, -0.05) is 5.18 Å². The maximum Gasteiger partial charge on any atom is 0.240 e. The topological polar surface area (TPSA) is 84.8 Å². The van der Waals surface area contributed by atoms with Crippen molar-refractivity contribution in [2.45, 2.75) is 42.2 Å². The van der Waals surface area contributed by atoms with E-state index in [-0.39, 0.29) is 10.5 Å². The van der Waals surface area contributed by atoms with Crippen molar-refractivity contribution in [2.75, 3.05) is 7.05 Å². The van der Waals surface area contributed by atoms with Gasteiger partial charge in [0.2, 0.25) is 10.0 Å². The lowest BCUT2D eigenvalue weighted by atomic mass is 9.73. The van der Waals surface area contributed by atoms with E-state index in [4.69, 9.17) is 4.74 Å². The summed E-state index contributed by atoms with van der Waals surface area (Å²) in [5.74, 6) is 0.579. The molecule has 7 heteroatoms. The Bertz CT molecular complexity index is 652. The fraction of sp³-hybridized carbons (Fsp3) is 0.538. The summed E-state index contributed by atoms with van der Waals surface area (Å²) in [4.78, 5) is 11.2. The van der Waals surface area contributed by atoms with Gasteiger partial charge in [0.25, 0.3) is 0 Å². The average molecular weight is 296 g/mol. The molecule has 3 rings (SSSR count). The van der Waals surface area contributed by atoms with Gasteiger partial charge >= 0.3 is 0 Å². The van der Waals surface area contributed by atoms with E-state index in [0.717, 1.165) is 19.3 Å². The van der Waals surface area contributed by atoms with Gasteiger partial charge in [0.05, 0.1) is 4.90 Å². The van der Waals surface area contributed by atoms with Crippen molar-refractivity contribution in [3.05, 3.63) is 28.7 Å². The second kappa shape index (κ2) is 4.53. The van der Waals surface area contributed by atoms with E-state index in [9.17, 15) is 13.3 Å². The molecule has 1 aliphatic carbocycles. The SMILES string of the molecule is CNS(=O)(=O)c1ccc2c(c1)C(N=O)CC1(CCC1)O2. The quantitative estimate of drug-likeness (QED) is 0.866. The van der Waals surface area contributed by atoms with Crippen molar-refractivity contribution in [3.63, 3.8) is 0 Å². The number of nitrogens with zero attached hydrogens (tertiary/aromatic N) is 1. The second-order valence-electron chi connectivity index (χ2n) is 5.37. The van der Waals surface area contributed by atoms with Gasteiger partial charge in [0.15, 0.2) is 0 Å². The number of hydrogen-bond acceptors (Lipinski definition) is 5. The van der Waals surface area contributed by atoms with Gasteiger partial charge in [-0.3, -0.25) is 0 Å². The number of benzene rings is 1. The normalized spacial score (nSPS) is 23.6. The Labute approximate surface area is 117 Å². The molecule has 1 aromatic rings. The number of sulfonamides is 1. The third-order valence-electron chi connectivity index (χ3n) is 4.20. The maximum atomic E-state index is 11.8. The van der Waals surface area contributed by atoms with E-state index >= 15 is 0 Å². The molecule has 0 aromatic heterocycles. The van der Waals surface area contributed by atoms with Crippen LogP contribution in [0.1, 0.15) is 37.3 Å². The highest BCUT2D eigenvalue weighted by atomic mass is 32.2. The summed E-state index contributed by atoms with van der Waals surface area (Å²) >= 11 is 0. The molecule has 20 heavy (non-hydrogen) atoms. The minimum atomic E-state index is -3.53. The van der Waals surface area contributed by atoms with Crippen LogP contribution in [0.5, 0.6) is 5.75 Å². The van der Waals surface area contributed by atoms with E-state index in [1.165, 1.54) is 19.2 Å². The molecule has 1 unspecified atom stereocenters. The van der Waals surface area contributed by atoms with Crippen molar-refractivity contribution in [2.24, 2.45) is 5.18 Å². The van der Waals surface area contributed by atoms with Crippen LogP contribution in [-0.4, -0.2) is 21.1 Å². The summed E-state index contributed by atoms with van der Waals surface area (Å²) in [5.41, 5.74) is 0.295. The molecule has 0 bridgehead atoms. The lowest BCUT2D eigenvalue weighted by molar-refractivity contribution is -0.0329. The highest BCUT2D eigenvalue weighted by Gasteiger charge is 2.46. The van der Waals surface area contributed by atoms with Crippen LogP contribution < -0.4 is 9.46 Å². The lowest BCUT2D eigenvalue weighted by Crippen LogP contribution is -2.46. The molecule has 2 aliphatic rings. The highest BCUT2D eigenvalue weighted by Crippen LogP contribution is 2.50. The Morgan fingerprint density at radius 2 is 2.15 bits per heavy atom. The molecule has 0 saturated heterocycles. The van der Waals surface area contributed by atoms with Gasteiger partial charge in [-0.25, -0.2) is 13.1 Å². The van der Waals surface area contributed by atoms with E-state index in [0.29, 0.717) is 17.7 Å². The van der Waals surface area contributed by atoms with Crippen molar-refractivity contribution in [1.82, 2.24) is 4.72 Å². The van der Waals surface area contributed by atoms with Crippen LogP contribution in [0.3, 0.4) is 0 Å². The summed E-state index contributed by atoms with van der Waals surface area (Å²) < 4.78 is 31.9. The lowest BCUT2D eigenvalue weighted by Gasteiger charge is -2.46. The molecule has 6 nitrogen and oxygen atoms in total. The smallest absolute Gasteiger partial charge is 0.240 e. The van der Waals surface area contributed by atoms with Gasteiger partial charge in [-0.15, -0.1) is 0 Å². The van der Waals surface area contributed by atoms with Crippen LogP contribution in [0, 0.1) is 4.91 Å². The number of nitrogens with one attached hydrogen (secondary N) is 1. The first-order valence-corrected chi connectivity index (χ1v) is 8.07. The Hall–Kier alpha value is -1.47. The van der Waals surface area contributed by atoms with Crippen LogP contribution in [-0.2, 0) is 10.0 Å². The molecule has 0 radical (unpaired) electrons. The summed E-state index contributed by atoms with van der Waals surface area (Å²) in [6.07, 6.45) is 3.48. The van der Waals surface area contributed by atoms with Gasteiger partial charge in [-0.05, 0) is 44.5 Å². The number of nitroso groups, excluding NO2 is 1. The average Bonchev–Trinajstić information content (AvgIpc) is 2.43. The third-order valence-corrected chi connectivity index (χ3v) is 5.62. The molecule has 1 heterocycles. The van der Waals surface area contributed by atoms with Crippen LogP contribution in [0.4, 0.5) is 0 Å². The molecule has 1 N–H and O–H groups in total. The molecular formula is C13H16N2O4S. The first kappa shape index (κ1) is 13.5. The van der Waals surface area contributed by atoms with Crippen LogP contribution in [0.15, 0.2) is 28.3 Å². The number of hydrogen-bond donors (Lipinski definition) is 1. The zero-order valence-electron chi connectivity index (χ0n) is 11.1. The molecule has 1 spiro atoms.